The second-order valence-electron chi connectivity index (χ2n) is 9.09. The van der Waals surface area contributed by atoms with E-state index in [0.717, 1.165) is 24.2 Å². The summed E-state index contributed by atoms with van der Waals surface area (Å²) in [6, 6.07) is 20.3. The zero-order valence-corrected chi connectivity index (χ0v) is 20.0. The number of aryl methyl sites for hydroxylation is 1. The van der Waals surface area contributed by atoms with Gasteiger partial charge in [0.15, 0.2) is 0 Å². The summed E-state index contributed by atoms with van der Waals surface area (Å²) in [5.74, 6) is -0.0290. The number of pyridine rings is 1. The minimum Gasteiger partial charge on any atom is -0.371 e. The van der Waals surface area contributed by atoms with Crippen molar-refractivity contribution in [3.8, 4) is 0 Å². The summed E-state index contributed by atoms with van der Waals surface area (Å²) in [6.07, 6.45) is 0.185. The highest BCUT2D eigenvalue weighted by molar-refractivity contribution is 5.91. The van der Waals surface area contributed by atoms with E-state index >= 15 is 0 Å². The summed E-state index contributed by atoms with van der Waals surface area (Å²) in [7, 11) is 0. The van der Waals surface area contributed by atoms with Gasteiger partial charge in [-0.25, -0.2) is 0 Å². The number of amides is 1. The van der Waals surface area contributed by atoms with Crippen LogP contribution in [0.5, 0.6) is 0 Å². The van der Waals surface area contributed by atoms with Gasteiger partial charge in [0.05, 0.1) is 5.69 Å². The molecule has 4 rings (SSSR count). The van der Waals surface area contributed by atoms with Crippen LogP contribution in [-0.2, 0) is 11.2 Å². The van der Waals surface area contributed by atoms with Gasteiger partial charge in [-0.1, -0.05) is 42.5 Å². The van der Waals surface area contributed by atoms with E-state index in [1.807, 2.05) is 42.5 Å². The van der Waals surface area contributed by atoms with E-state index in [4.69, 9.17) is 0 Å². The van der Waals surface area contributed by atoms with Crippen LogP contribution in [0.15, 0.2) is 79.0 Å². The van der Waals surface area contributed by atoms with Crippen molar-refractivity contribution in [3.05, 3.63) is 90.3 Å². The number of halogens is 3. The Kier molecular flexibility index (Phi) is 8.59. The predicted molar refractivity (Wildman–Crippen MR) is 136 cm³/mol. The number of rotatable bonds is 9. The lowest BCUT2D eigenvalue weighted by molar-refractivity contribution is -0.161. The fraction of sp³-hybridized carbons (Fsp3) is 0.357. The van der Waals surface area contributed by atoms with Crippen molar-refractivity contribution in [1.29, 1.82) is 0 Å². The van der Waals surface area contributed by atoms with E-state index < -0.39 is 12.2 Å². The lowest BCUT2D eigenvalue weighted by Gasteiger charge is -2.36. The topological polar surface area (TPSA) is 57.3 Å². The first-order chi connectivity index (χ1) is 17.4. The molecule has 1 saturated heterocycles. The van der Waals surface area contributed by atoms with Crippen LogP contribution < -0.4 is 15.5 Å². The number of nitrogens with one attached hydrogen (secondary N) is 2. The summed E-state index contributed by atoms with van der Waals surface area (Å²) in [4.78, 5) is 18.5. The lowest BCUT2D eigenvalue weighted by atomic mass is 10.0. The molecule has 5 nitrogen and oxygen atoms in total. The van der Waals surface area contributed by atoms with E-state index in [-0.39, 0.29) is 17.6 Å². The highest BCUT2D eigenvalue weighted by Gasteiger charge is 2.43. The highest BCUT2D eigenvalue weighted by Crippen LogP contribution is 2.33. The first-order valence-electron chi connectivity index (χ1n) is 12.3. The number of benzene rings is 2. The number of nitrogens with zero attached hydrogens (tertiary/aromatic N) is 2. The van der Waals surface area contributed by atoms with Crippen LogP contribution in [0, 0.1) is 0 Å². The molecule has 2 aromatic carbocycles. The van der Waals surface area contributed by atoms with Crippen molar-refractivity contribution >= 4 is 17.3 Å². The number of alkyl halides is 3. The largest absolute Gasteiger partial charge is 0.409 e. The SMILES string of the molecule is O=C(CCCc1ccccc1)Nc1cccc(N2CCC(N[C@H](c3ccccn3)C(F)(F)F)CC2)c1. The number of hydrogen-bond acceptors (Lipinski definition) is 4. The molecule has 36 heavy (non-hydrogen) atoms. The Bertz CT molecular complexity index is 1100. The van der Waals surface area contributed by atoms with Crippen molar-refractivity contribution < 1.29 is 18.0 Å². The molecule has 1 aliphatic rings. The molecule has 0 saturated carbocycles. The molecule has 1 fully saturated rings. The Labute approximate surface area is 209 Å². The third-order valence-electron chi connectivity index (χ3n) is 6.42. The maximum absolute atomic E-state index is 13.7. The fourth-order valence-electron chi connectivity index (χ4n) is 4.54. The Balaban J connectivity index is 1.27. The Hall–Kier alpha value is -3.39. The van der Waals surface area contributed by atoms with Crippen LogP contribution in [0.2, 0.25) is 0 Å². The number of anilines is 2. The maximum atomic E-state index is 13.7. The van der Waals surface area contributed by atoms with Crippen LogP contribution in [0.25, 0.3) is 0 Å². The summed E-state index contributed by atoms with van der Waals surface area (Å²) in [6.45, 7) is 1.25. The average molecular weight is 497 g/mol. The molecule has 3 aromatic rings. The number of carbonyl (C=O) groups is 1. The fourth-order valence-corrected chi connectivity index (χ4v) is 4.54. The summed E-state index contributed by atoms with van der Waals surface area (Å²) in [5, 5.41) is 5.75. The zero-order chi connectivity index (χ0) is 25.4. The minimum absolute atomic E-state index is 0.0142. The van der Waals surface area contributed by atoms with Gasteiger partial charge in [-0.3, -0.25) is 15.1 Å². The van der Waals surface area contributed by atoms with Gasteiger partial charge in [0.1, 0.15) is 6.04 Å². The van der Waals surface area contributed by atoms with Crippen LogP contribution in [0.3, 0.4) is 0 Å². The maximum Gasteiger partial charge on any atom is 0.409 e. The van der Waals surface area contributed by atoms with Crippen molar-refractivity contribution in [2.45, 2.75) is 50.4 Å². The number of piperidine rings is 1. The predicted octanol–water partition coefficient (Wildman–Crippen LogP) is 5.91. The van der Waals surface area contributed by atoms with E-state index in [2.05, 4.69) is 32.7 Å². The summed E-state index contributed by atoms with van der Waals surface area (Å²) in [5.41, 5.74) is 2.88. The second kappa shape index (κ2) is 12.0. The Morgan fingerprint density at radius 2 is 1.75 bits per heavy atom. The Morgan fingerprint density at radius 3 is 2.44 bits per heavy atom. The van der Waals surface area contributed by atoms with Gasteiger partial charge in [-0.2, -0.15) is 13.2 Å². The van der Waals surface area contributed by atoms with Gasteiger partial charge in [0.25, 0.3) is 0 Å². The molecule has 2 heterocycles. The van der Waals surface area contributed by atoms with E-state index in [1.165, 1.54) is 17.8 Å². The molecular weight excluding hydrogens is 465 g/mol. The van der Waals surface area contributed by atoms with Crippen molar-refractivity contribution in [3.63, 3.8) is 0 Å². The molecule has 1 aliphatic heterocycles. The van der Waals surface area contributed by atoms with E-state index in [0.29, 0.717) is 32.4 Å². The van der Waals surface area contributed by atoms with Crippen LogP contribution >= 0.6 is 0 Å². The quantitative estimate of drug-likeness (QED) is 0.387. The second-order valence-corrected chi connectivity index (χ2v) is 9.09. The number of hydrogen-bond donors (Lipinski definition) is 2. The van der Waals surface area contributed by atoms with Gasteiger partial charge in [0, 0.05) is 43.1 Å². The number of aromatic nitrogens is 1. The zero-order valence-electron chi connectivity index (χ0n) is 20.0. The van der Waals surface area contributed by atoms with Crippen molar-refractivity contribution in [2.24, 2.45) is 0 Å². The molecule has 1 atom stereocenters. The van der Waals surface area contributed by atoms with Crippen LogP contribution in [0.1, 0.15) is 43.0 Å². The standard InChI is InChI=1S/C28H31F3N4O/c29-28(30,31)27(25-13-4-5-17-32-25)34-22-15-18-35(19-16-22)24-12-7-11-23(20-24)33-26(36)14-6-10-21-8-2-1-3-9-21/h1-5,7-9,11-13,17,20,22,27,34H,6,10,14-16,18-19H2,(H,33,36)/t27-/m1/s1. The molecule has 1 aromatic heterocycles. The van der Waals surface area contributed by atoms with Crippen molar-refractivity contribution in [2.75, 3.05) is 23.3 Å². The van der Waals surface area contributed by atoms with Crippen LogP contribution in [0.4, 0.5) is 24.5 Å². The van der Waals surface area contributed by atoms with Crippen molar-refractivity contribution in [1.82, 2.24) is 10.3 Å². The molecule has 0 bridgehead atoms. The average Bonchev–Trinajstić information content (AvgIpc) is 2.88. The van der Waals surface area contributed by atoms with Crippen LogP contribution in [-0.4, -0.2) is 36.2 Å². The lowest BCUT2D eigenvalue weighted by Crippen LogP contribution is -2.47. The number of carbonyl (C=O) groups excluding carboxylic acids is 1. The third-order valence-corrected chi connectivity index (χ3v) is 6.42. The molecule has 190 valence electrons. The van der Waals surface area contributed by atoms with Gasteiger partial charge in [-0.15, -0.1) is 0 Å². The van der Waals surface area contributed by atoms with E-state index in [1.54, 1.807) is 12.1 Å². The Morgan fingerprint density at radius 1 is 1.00 bits per heavy atom. The third kappa shape index (κ3) is 7.31. The molecule has 1 amide bonds. The monoisotopic (exact) mass is 496 g/mol. The molecule has 0 unspecified atom stereocenters. The first-order valence-corrected chi connectivity index (χ1v) is 12.3. The van der Waals surface area contributed by atoms with Gasteiger partial charge in [0.2, 0.25) is 5.91 Å². The molecule has 2 N–H and O–H groups in total. The van der Waals surface area contributed by atoms with Gasteiger partial charge >= 0.3 is 6.18 Å². The molecule has 0 aliphatic carbocycles. The smallest absolute Gasteiger partial charge is 0.371 e. The summed E-state index contributed by atoms with van der Waals surface area (Å²) >= 11 is 0. The minimum atomic E-state index is -4.42. The van der Waals surface area contributed by atoms with Gasteiger partial charge < -0.3 is 10.2 Å². The molecular formula is C28H31F3N4O. The van der Waals surface area contributed by atoms with Gasteiger partial charge in [-0.05, 0) is 61.6 Å². The molecule has 0 spiro atoms. The molecule has 8 heteroatoms. The summed E-state index contributed by atoms with van der Waals surface area (Å²) < 4.78 is 41.0. The normalized spacial score (nSPS) is 15.5. The first kappa shape index (κ1) is 25.7. The highest BCUT2D eigenvalue weighted by atomic mass is 19.4. The van der Waals surface area contributed by atoms with E-state index in [9.17, 15) is 18.0 Å². The molecule has 0 radical (unpaired) electrons.